The van der Waals surface area contributed by atoms with Crippen LogP contribution in [0.5, 0.6) is 0 Å². The van der Waals surface area contributed by atoms with Crippen LogP contribution in [0, 0.1) is 0 Å². The molecule has 1 aromatic rings. The zero-order valence-electron chi connectivity index (χ0n) is 21.2. The molecule has 8 heteroatoms. The van der Waals surface area contributed by atoms with Gasteiger partial charge in [-0.1, -0.05) is 25.7 Å². The minimum atomic E-state index is -0.359. The lowest BCUT2D eigenvalue weighted by molar-refractivity contribution is -0.709. The zero-order valence-corrected chi connectivity index (χ0v) is 21.2. The molecule has 4 N–H and O–H groups in total. The number of nitrogens with two attached hydrogens (primary N) is 2. The van der Waals surface area contributed by atoms with Crippen LogP contribution in [0.15, 0.2) is 24.3 Å². The first-order chi connectivity index (χ1) is 17.5. The first kappa shape index (κ1) is 25.1. The van der Waals surface area contributed by atoms with E-state index in [4.69, 9.17) is 0 Å². The summed E-state index contributed by atoms with van der Waals surface area (Å²) in [7, 11) is 0. The van der Waals surface area contributed by atoms with E-state index >= 15 is 0 Å². The molecule has 0 spiro atoms. The first-order valence-corrected chi connectivity index (χ1v) is 14.0. The molecule has 4 fully saturated rings. The van der Waals surface area contributed by atoms with E-state index < -0.39 is 0 Å². The maximum Gasteiger partial charge on any atom is 0.292 e. The fraction of sp³-hybridized carbons (Fsp3) is 0.643. The third-order valence-corrected chi connectivity index (χ3v) is 8.54. The molecule has 0 unspecified atom stereocenters. The Balaban J connectivity index is 1.23. The van der Waals surface area contributed by atoms with Gasteiger partial charge in [0, 0.05) is 0 Å². The van der Waals surface area contributed by atoms with Gasteiger partial charge >= 0.3 is 0 Å². The average Bonchev–Trinajstić information content (AvgIpc) is 3.12. The Morgan fingerprint density at radius 2 is 0.861 bits per heavy atom. The lowest BCUT2D eigenvalue weighted by Gasteiger charge is -2.19. The number of benzene rings is 1. The van der Waals surface area contributed by atoms with Gasteiger partial charge in [0.05, 0.1) is 36.3 Å². The number of rotatable bonds is 6. The number of carbonyl (C=O) groups excluding carboxylic acids is 4. The molecule has 36 heavy (non-hydrogen) atoms. The third kappa shape index (κ3) is 5.39. The highest BCUT2D eigenvalue weighted by molar-refractivity contribution is 6.23. The van der Waals surface area contributed by atoms with Crippen molar-refractivity contribution < 1.29 is 29.8 Å². The van der Waals surface area contributed by atoms with E-state index in [9.17, 15) is 19.2 Å². The van der Waals surface area contributed by atoms with Gasteiger partial charge in [0.15, 0.2) is 12.1 Å². The van der Waals surface area contributed by atoms with Gasteiger partial charge < -0.3 is 10.6 Å². The van der Waals surface area contributed by atoms with Gasteiger partial charge in [-0.05, 0) is 75.6 Å². The van der Waals surface area contributed by atoms with Crippen molar-refractivity contribution in [2.24, 2.45) is 0 Å². The van der Waals surface area contributed by atoms with Crippen molar-refractivity contribution in [3.8, 4) is 0 Å². The molecule has 1 aromatic carbocycles. The van der Waals surface area contributed by atoms with E-state index in [2.05, 4.69) is 10.6 Å². The standard InChI is InChI=1S/C28H38N4O4/c33-25-17-23(29-19-9-5-1-2-6-10-19)27(35)31(25)21-13-15-22(16-14-21)32-26(34)18-24(28(32)36)30-20-11-7-3-4-8-12-20/h13-16,19-20,23-24,29-30H,1-12,17-18H2/p+2/t23-,24-/m0/s1. The predicted octanol–water partition coefficient (Wildman–Crippen LogP) is 1.52. The van der Waals surface area contributed by atoms with Gasteiger partial charge in [0.25, 0.3) is 11.8 Å². The molecular weight excluding hydrogens is 456 g/mol. The summed E-state index contributed by atoms with van der Waals surface area (Å²) in [6.45, 7) is 0. The molecule has 0 radical (unpaired) electrons. The average molecular weight is 497 g/mol. The first-order valence-electron chi connectivity index (χ1n) is 14.0. The quantitative estimate of drug-likeness (QED) is 0.460. The highest BCUT2D eigenvalue weighted by atomic mass is 16.2. The monoisotopic (exact) mass is 496 g/mol. The maximum absolute atomic E-state index is 13.1. The molecule has 0 bridgehead atoms. The van der Waals surface area contributed by atoms with Gasteiger partial charge in [0.1, 0.15) is 0 Å². The molecule has 2 saturated carbocycles. The number of anilines is 2. The van der Waals surface area contributed by atoms with Crippen LogP contribution in [0.1, 0.15) is 89.9 Å². The predicted molar refractivity (Wildman–Crippen MR) is 135 cm³/mol. The van der Waals surface area contributed by atoms with Crippen molar-refractivity contribution in [2.45, 2.75) is 114 Å². The number of imide groups is 2. The highest BCUT2D eigenvalue weighted by Crippen LogP contribution is 2.28. The number of nitrogens with zero attached hydrogens (tertiary/aromatic N) is 2. The molecule has 2 heterocycles. The molecule has 2 saturated heterocycles. The summed E-state index contributed by atoms with van der Waals surface area (Å²) < 4.78 is 0. The van der Waals surface area contributed by atoms with Crippen LogP contribution >= 0.6 is 0 Å². The second kappa shape index (κ2) is 11.2. The Labute approximate surface area is 213 Å². The minimum Gasteiger partial charge on any atom is -0.333 e. The fourth-order valence-electron chi connectivity index (χ4n) is 6.57. The van der Waals surface area contributed by atoms with Crippen molar-refractivity contribution in [2.75, 3.05) is 9.80 Å². The van der Waals surface area contributed by atoms with Gasteiger partial charge in [-0.3, -0.25) is 19.2 Å². The summed E-state index contributed by atoms with van der Waals surface area (Å²) in [5.74, 6) is -0.699. The second-order valence-electron chi connectivity index (χ2n) is 11.2. The number of carbonyl (C=O) groups is 4. The Bertz CT molecular complexity index is 899. The van der Waals surface area contributed by atoms with E-state index in [1.807, 2.05) is 0 Å². The zero-order chi connectivity index (χ0) is 25.1. The lowest BCUT2D eigenvalue weighted by Crippen LogP contribution is -2.96. The van der Waals surface area contributed by atoms with Crippen molar-refractivity contribution in [3.05, 3.63) is 24.3 Å². The lowest BCUT2D eigenvalue weighted by atomic mass is 10.1. The largest absolute Gasteiger partial charge is 0.333 e. The second-order valence-corrected chi connectivity index (χ2v) is 11.2. The molecule has 2 aliphatic heterocycles. The molecule has 8 nitrogen and oxygen atoms in total. The topological polar surface area (TPSA) is 108 Å². The normalized spacial score (nSPS) is 27.1. The Morgan fingerprint density at radius 3 is 1.19 bits per heavy atom. The molecule has 2 atom stereocenters. The molecule has 0 aromatic heterocycles. The Morgan fingerprint density at radius 1 is 0.528 bits per heavy atom. The molecule has 2 aliphatic carbocycles. The third-order valence-electron chi connectivity index (χ3n) is 8.54. The van der Waals surface area contributed by atoms with Crippen LogP contribution in [-0.4, -0.2) is 47.8 Å². The highest BCUT2D eigenvalue weighted by Gasteiger charge is 2.45. The van der Waals surface area contributed by atoms with Crippen molar-refractivity contribution in [1.82, 2.24) is 0 Å². The molecule has 4 amide bonds. The van der Waals surface area contributed by atoms with Crippen LogP contribution in [0.25, 0.3) is 0 Å². The van der Waals surface area contributed by atoms with E-state index in [0.717, 1.165) is 25.7 Å². The Hall–Kier alpha value is -2.58. The minimum absolute atomic E-state index is 0.164. The number of hydrogen-bond acceptors (Lipinski definition) is 4. The maximum atomic E-state index is 13.1. The number of hydrogen-bond donors (Lipinski definition) is 2. The van der Waals surface area contributed by atoms with E-state index in [0.29, 0.717) is 23.5 Å². The van der Waals surface area contributed by atoms with Gasteiger partial charge in [0.2, 0.25) is 11.8 Å². The summed E-state index contributed by atoms with van der Waals surface area (Å²) in [5, 5.41) is 4.23. The van der Waals surface area contributed by atoms with Crippen LogP contribution in [0.2, 0.25) is 0 Å². The summed E-state index contributed by atoms with van der Waals surface area (Å²) >= 11 is 0. The fourth-order valence-corrected chi connectivity index (χ4v) is 6.57. The van der Waals surface area contributed by atoms with Crippen molar-refractivity contribution >= 4 is 35.0 Å². The summed E-state index contributed by atoms with van der Waals surface area (Å²) in [6.07, 6.45) is 14.6. The van der Waals surface area contributed by atoms with Gasteiger partial charge in [-0.15, -0.1) is 0 Å². The van der Waals surface area contributed by atoms with E-state index in [1.165, 1.54) is 61.2 Å². The van der Waals surface area contributed by atoms with Crippen LogP contribution in [0.4, 0.5) is 11.4 Å². The number of amides is 4. The summed E-state index contributed by atoms with van der Waals surface area (Å²) in [5.41, 5.74) is 1.01. The smallest absolute Gasteiger partial charge is 0.292 e. The van der Waals surface area contributed by atoms with Crippen molar-refractivity contribution in [1.29, 1.82) is 0 Å². The molecular formula is C28H40N4O4+2. The molecule has 5 rings (SSSR count). The summed E-state index contributed by atoms with van der Waals surface area (Å²) in [6, 6.07) is 6.83. The van der Waals surface area contributed by atoms with Crippen LogP contribution in [-0.2, 0) is 19.2 Å². The van der Waals surface area contributed by atoms with Gasteiger partial charge in [-0.25, -0.2) is 9.80 Å². The molecule has 4 aliphatic rings. The Kier molecular flexibility index (Phi) is 7.82. The SMILES string of the molecule is O=C1C[C@H]([NH2+]C2CCCCCC2)C(=O)N1c1ccc(N2C(=O)C[C@H]([NH2+]C3CCCCCC3)C2=O)cc1. The molecule has 194 valence electrons. The van der Waals surface area contributed by atoms with Crippen molar-refractivity contribution in [3.63, 3.8) is 0 Å². The number of quaternary nitrogens is 2. The van der Waals surface area contributed by atoms with Gasteiger partial charge in [-0.2, -0.15) is 0 Å². The van der Waals surface area contributed by atoms with Crippen LogP contribution in [0.3, 0.4) is 0 Å². The van der Waals surface area contributed by atoms with E-state index in [-0.39, 0.29) is 48.6 Å². The van der Waals surface area contributed by atoms with Crippen LogP contribution < -0.4 is 20.4 Å². The summed E-state index contributed by atoms with van der Waals surface area (Å²) in [4.78, 5) is 54.3. The van der Waals surface area contributed by atoms with E-state index in [1.54, 1.807) is 24.3 Å².